The summed E-state index contributed by atoms with van der Waals surface area (Å²) in [6.07, 6.45) is 3.49. The van der Waals surface area contributed by atoms with Gasteiger partial charge in [-0.05, 0) is 45.6 Å². The minimum absolute atomic E-state index is 0. The zero-order valence-corrected chi connectivity index (χ0v) is 14.1. The molecule has 0 radical (unpaired) electrons. The van der Waals surface area contributed by atoms with Crippen molar-refractivity contribution in [2.24, 2.45) is 5.10 Å². The number of nitrogens with zero attached hydrogens (tertiary/aromatic N) is 1. The Morgan fingerprint density at radius 2 is 1.71 bits per heavy atom. The van der Waals surface area contributed by atoms with Gasteiger partial charge >= 0.3 is 0 Å². The highest BCUT2D eigenvalue weighted by Gasteiger charge is 2.04. The number of Topliss-reactive ketones (excluding diaryl/α,β-unsaturated/α-hetero) is 1. The maximum atomic E-state index is 10.9. The van der Waals surface area contributed by atoms with E-state index in [2.05, 4.69) is 36.5 Å². The zero-order chi connectivity index (χ0) is 16.1. The van der Waals surface area contributed by atoms with Gasteiger partial charge in [-0.25, -0.2) is 0 Å². The van der Waals surface area contributed by atoms with Crippen molar-refractivity contribution >= 4 is 11.5 Å². The highest BCUT2D eigenvalue weighted by atomic mass is 16.1. The first-order chi connectivity index (χ1) is 10.1. The lowest BCUT2D eigenvalue weighted by atomic mass is 10.0. The first kappa shape index (κ1) is 19.4. The Kier molecular flexibility index (Phi) is 11.2. The molecule has 0 aliphatic rings. The fourth-order valence-electron chi connectivity index (χ4n) is 1.77. The summed E-state index contributed by atoms with van der Waals surface area (Å²) in [5, 5.41) is 4.49. The van der Waals surface area contributed by atoms with Crippen LogP contribution < -0.4 is 5.43 Å². The van der Waals surface area contributed by atoms with Gasteiger partial charge in [0.15, 0.2) is 0 Å². The Morgan fingerprint density at radius 1 is 1.14 bits per heavy atom. The second-order valence-electron chi connectivity index (χ2n) is 5.12. The van der Waals surface area contributed by atoms with Gasteiger partial charge in [-0.15, -0.1) is 0 Å². The van der Waals surface area contributed by atoms with Gasteiger partial charge in [0.25, 0.3) is 0 Å². The second kappa shape index (κ2) is 12.1. The van der Waals surface area contributed by atoms with Crippen LogP contribution in [-0.4, -0.2) is 17.5 Å². The number of rotatable bonds is 8. The summed E-state index contributed by atoms with van der Waals surface area (Å²) in [7, 11) is 0. The van der Waals surface area contributed by atoms with Gasteiger partial charge in [-0.1, -0.05) is 44.2 Å². The Labute approximate surface area is 131 Å². The molecule has 120 valence electrons. The van der Waals surface area contributed by atoms with Crippen molar-refractivity contribution in [1.82, 2.24) is 5.43 Å². The molecule has 0 saturated heterocycles. The summed E-state index contributed by atoms with van der Waals surface area (Å²) < 4.78 is 0. The zero-order valence-electron chi connectivity index (χ0n) is 14.1. The number of hydrazone groups is 1. The van der Waals surface area contributed by atoms with Crippen molar-refractivity contribution in [2.75, 3.05) is 0 Å². The molecule has 0 aliphatic heterocycles. The molecule has 21 heavy (non-hydrogen) atoms. The molecule has 3 nitrogen and oxygen atoms in total. The monoisotopic (exact) mass is 292 g/mol. The summed E-state index contributed by atoms with van der Waals surface area (Å²) >= 11 is 0. The van der Waals surface area contributed by atoms with E-state index in [9.17, 15) is 4.79 Å². The molecule has 1 N–H and O–H groups in total. The normalized spacial score (nSPS) is 10.9. The van der Waals surface area contributed by atoms with Crippen LogP contribution in [0.4, 0.5) is 0 Å². The van der Waals surface area contributed by atoms with E-state index in [4.69, 9.17) is 0 Å². The van der Waals surface area contributed by atoms with Gasteiger partial charge < -0.3 is 10.2 Å². The summed E-state index contributed by atoms with van der Waals surface area (Å²) in [4.78, 5) is 10.9. The molecule has 1 rings (SSSR count). The van der Waals surface area contributed by atoms with E-state index in [1.165, 1.54) is 0 Å². The lowest BCUT2D eigenvalue weighted by molar-refractivity contribution is -0.117. The molecule has 0 atom stereocenters. The quantitative estimate of drug-likeness (QED) is 0.424. The molecule has 0 fully saturated rings. The van der Waals surface area contributed by atoms with Crippen LogP contribution in [0.2, 0.25) is 0 Å². The molecule has 1 aromatic carbocycles. The number of nitrogens with one attached hydrogen (secondary N) is 1. The van der Waals surface area contributed by atoms with E-state index in [1.54, 1.807) is 6.92 Å². The first-order valence-electron chi connectivity index (χ1n) is 7.96. The topological polar surface area (TPSA) is 41.5 Å². The van der Waals surface area contributed by atoms with E-state index < -0.39 is 0 Å². The standard InChI is InChI=1S/C16H24N2O.C2H6.H2/c1-13(2)17-18-16(12-8-7-9-14(3)19)15-10-5-4-6-11-15;1-2;/h4-6,10-11,13,17H,7-9,12H2,1-3H3;1-2H3;1H/b18-16-;;. The number of unbranched alkanes of at least 4 members (excludes halogenated alkanes) is 1. The van der Waals surface area contributed by atoms with Crippen LogP contribution in [0.3, 0.4) is 0 Å². The number of hydrogen-bond acceptors (Lipinski definition) is 3. The van der Waals surface area contributed by atoms with Crippen LogP contribution in [0.1, 0.15) is 67.3 Å². The number of ketones is 1. The van der Waals surface area contributed by atoms with Crippen LogP contribution in [0.5, 0.6) is 0 Å². The van der Waals surface area contributed by atoms with Crippen molar-refractivity contribution in [3.63, 3.8) is 0 Å². The third-order valence-electron chi connectivity index (χ3n) is 2.76. The predicted molar refractivity (Wildman–Crippen MR) is 93.9 cm³/mol. The van der Waals surface area contributed by atoms with Crippen LogP contribution in [-0.2, 0) is 4.79 Å². The predicted octanol–water partition coefficient (Wildman–Crippen LogP) is 4.81. The summed E-state index contributed by atoms with van der Waals surface area (Å²) in [5.74, 6) is 0.263. The van der Waals surface area contributed by atoms with Crippen molar-refractivity contribution in [3.8, 4) is 0 Å². The largest absolute Gasteiger partial charge is 0.307 e. The van der Waals surface area contributed by atoms with Crippen molar-refractivity contribution in [2.45, 2.75) is 66.3 Å². The Bertz CT molecular complexity index is 416. The lowest BCUT2D eigenvalue weighted by Gasteiger charge is -2.09. The smallest absolute Gasteiger partial charge is 0.129 e. The molecule has 0 saturated carbocycles. The molecule has 1 aromatic rings. The SMILES string of the molecule is CC.CC(=O)CCCC/C(=N/NC(C)C)c1ccccc1.[HH]. The number of hydrogen-bond donors (Lipinski definition) is 1. The third-order valence-corrected chi connectivity index (χ3v) is 2.76. The van der Waals surface area contributed by atoms with Gasteiger partial charge in [-0.3, -0.25) is 0 Å². The molecule has 0 aliphatic carbocycles. The molecule has 0 amide bonds. The minimum atomic E-state index is 0. The molecule has 0 heterocycles. The highest BCUT2D eigenvalue weighted by Crippen LogP contribution is 2.09. The minimum Gasteiger partial charge on any atom is -0.307 e. The van der Waals surface area contributed by atoms with E-state index in [1.807, 2.05) is 32.0 Å². The summed E-state index contributed by atoms with van der Waals surface area (Å²) in [5.41, 5.74) is 5.33. The molecule has 0 unspecified atom stereocenters. The van der Waals surface area contributed by atoms with Crippen LogP contribution in [0, 0.1) is 0 Å². The van der Waals surface area contributed by atoms with E-state index in [-0.39, 0.29) is 7.21 Å². The Morgan fingerprint density at radius 3 is 2.24 bits per heavy atom. The van der Waals surface area contributed by atoms with Gasteiger partial charge in [0, 0.05) is 13.9 Å². The summed E-state index contributed by atoms with van der Waals surface area (Å²) in [6.45, 7) is 9.79. The van der Waals surface area contributed by atoms with Crippen molar-refractivity contribution < 1.29 is 6.22 Å². The van der Waals surface area contributed by atoms with Gasteiger partial charge in [0.1, 0.15) is 5.78 Å². The molecule has 0 bridgehead atoms. The number of benzene rings is 1. The van der Waals surface area contributed by atoms with E-state index in [0.29, 0.717) is 12.5 Å². The van der Waals surface area contributed by atoms with Gasteiger partial charge in [0.2, 0.25) is 0 Å². The van der Waals surface area contributed by atoms with E-state index in [0.717, 1.165) is 30.5 Å². The third kappa shape index (κ3) is 9.83. The molecular formula is C18H32N2O. The molecule has 0 aromatic heterocycles. The number of carbonyl (C=O) groups is 1. The average molecular weight is 292 g/mol. The molecule has 3 heteroatoms. The maximum Gasteiger partial charge on any atom is 0.129 e. The van der Waals surface area contributed by atoms with Crippen molar-refractivity contribution in [1.29, 1.82) is 0 Å². The van der Waals surface area contributed by atoms with Gasteiger partial charge in [0.05, 0.1) is 5.71 Å². The molecular weight excluding hydrogens is 260 g/mol. The maximum absolute atomic E-state index is 10.9. The average Bonchev–Trinajstić information content (AvgIpc) is 2.49. The van der Waals surface area contributed by atoms with Gasteiger partial charge in [-0.2, -0.15) is 5.10 Å². The van der Waals surface area contributed by atoms with Crippen LogP contribution in [0.15, 0.2) is 35.4 Å². The van der Waals surface area contributed by atoms with Crippen LogP contribution in [0.25, 0.3) is 0 Å². The number of carbonyl (C=O) groups excluding carboxylic acids is 1. The van der Waals surface area contributed by atoms with Crippen LogP contribution >= 0.6 is 0 Å². The van der Waals surface area contributed by atoms with Crippen molar-refractivity contribution in [3.05, 3.63) is 35.9 Å². The first-order valence-corrected chi connectivity index (χ1v) is 7.96. The molecule has 0 spiro atoms. The fraction of sp³-hybridized carbons (Fsp3) is 0.556. The second-order valence-corrected chi connectivity index (χ2v) is 5.12. The van der Waals surface area contributed by atoms with E-state index >= 15 is 0 Å². The summed E-state index contributed by atoms with van der Waals surface area (Å²) in [6, 6.07) is 10.5. The lowest BCUT2D eigenvalue weighted by Crippen LogP contribution is -2.19. The Hall–Kier alpha value is -1.64. The fourth-order valence-corrected chi connectivity index (χ4v) is 1.77. The highest BCUT2D eigenvalue weighted by molar-refractivity contribution is 6.00. The Balaban J connectivity index is 0.